The van der Waals surface area contributed by atoms with Gasteiger partial charge in [-0.2, -0.15) is 13.2 Å². The van der Waals surface area contributed by atoms with Gasteiger partial charge in [-0.25, -0.2) is 0 Å². The minimum absolute atomic E-state index is 0.242. The van der Waals surface area contributed by atoms with Crippen molar-refractivity contribution in [2.75, 3.05) is 6.54 Å². The fourth-order valence-electron chi connectivity index (χ4n) is 2.79. The lowest BCUT2D eigenvalue weighted by Crippen LogP contribution is -2.71. The minimum Gasteiger partial charge on any atom is -0.340 e. The molecule has 4 nitrogen and oxygen atoms in total. The van der Waals surface area contributed by atoms with E-state index in [9.17, 15) is 22.8 Å². The normalized spacial score (nSPS) is 22.7. The van der Waals surface area contributed by atoms with Gasteiger partial charge in [0.25, 0.3) is 0 Å². The minimum atomic E-state index is -4.35. The molecule has 0 radical (unpaired) electrons. The molecule has 122 valence electrons. The van der Waals surface area contributed by atoms with Gasteiger partial charge in [0.1, 0.15) is 11.6 Å². The molecular formula is C14H23F3N2O2. The van der Waals surface area contributed by atoms with Gasteiger partial charge in [-0.05, 0) is 18.8 Å². The summed E-state index contributed by atoms with van der Waals surface area (Å²) in [7, 11) is 0. The second-order valence-corrected chi connectivity index (χ2v) is 5.83. The molecule has 7 heteroatoms. The third kappa shape index (κ3) is 3.68. The number of rotatable bonds is 5. The molecule has 21 heavy (non-hydrogen) atoms. The van der Waals surface area contributed by atoms with Gasteiger partial charge in [-0.15, -0.1) is 0 Å². The molecule has 0 aromatic carbocycles. The number of hydrogen-bond donors (Lipinski definition) is 1. The monoisotopic (exact) mass is 308 g/mol. The first-order valence-electron chi connectivity index (χ1n) is 7.27. The van der Waals surface area contributed by atoms with E-state index in [0.29, 0.717) is 12.8 Å². The van der Waals surface area contributed by atoms with Crippen LogP contribution in [0.1, 0.15) is 47.0 Å². The van der Waals surface area contributed by atoms with Crippen molar-refractivity contribution in [3.05, 3.63) is 0 Å². The van der Waals surface area contributed by atoms with Crippen LogP contribution < -0.4 is 5.32 Å². The van der Waals surface area contributed by atoms with E-state index in [-0.39, 0.29) is 11.8 Å². The van der Waals surface area contributed by atoms with Crippen molar-refractivity contribution in [1.82, 2.24) is 10.2 Å². The molecule has 1 unspecified atom stereocenters. The summed E-state index contributed by atoms with van der Waals surface area (Å²) in [5.41, 5.74) is -1.08. The average molecular weight is 308 g/mol. The van der Waals surface area contributed by atoms with Crippen molar-refractivity contribution < 1.29 is 22.8 Å². The van der Waals surface area contributed by atoms with Crippen LogP contribution in [-0.2, 0) is 9.59 Å². The number of carbonyl (C=O) groups is 2. The van der Waals surface area contributed by atoms with E-state index in [1.165, 1.54) is 0 Å². The highest BCUT2D eigenvalue weighted by Gasteiger charge is 2.50. The highest BCUT2D eigenvalue weighted by molar-refractivity contribution is 5.99. The van der Waals surface area contributed by atoms with Crippen molar-refractivity contribution in [1.29, 1.82) is 0 Å². The van der Waals surface area contributed by atoms with E-state index in [1.807, 2.05) is 0 Å². The topological polar surface area (TPSA) is 49.4 Å². The molecular weight excluding hydrogens is 285 g/mol. The summed E-state index contributed by atoms with van der Waals surface area (Å²) < 4.78 is 37.4. The van der Waals surface area contributed by atoms with Crippen molar-refractivity contribution in [2.24, 2.45) is 5.92 Å². The standard InChI is InChI=1S/C14H23F3N2O2/c1-5-13(6-2)12(21)19(8-7-14(15,16)17)10(9(3)4)11(20)18-13/h9-10H,5-8H2,1-4H3,(H,18,20). The van der Waals surface area contributed by atoms with Crippen LogP contribution in [0.4, 0.5) is 13.2 Å². The number of halogens is 3. The van der Waals surface area contributed by atoms with Gasteiger partial charge in [0.15, 0.2) is 0 Å². The molecule has 0 spiro atoms. The van der Waals surface area contributed by atoms with Crippen LogP contribution in [0.5, 0.6) is 0 Å². The van der Waals surface area contributed by atoms with Crippen molar-refractivity contribution in [3.63, 3.8) is 0 Å². The smallest absolute Gasteiger partial charge is 0.340 e. The van der Waals surface area contributed by atoms with E-state index in [1.54, 1.807) is 27.7 Å². The van der Waals surface area contributed by atoms with Crippen LogP contribution >= 0.6 is 0 Å². The number of carbonyl (C=O) groups excluding carboxylic acids is 2. The van der Waals surface area contributed by atoms with Gasteiger partial charge in [0, 0.05) is 6.54 Å². The summed E-state index contributed by atoms with van der Waals surface area (Å²) in [6.45, 7) is 6.48. The second kappa shape index (κ2) is 6.23. The molecule has 1 saturated heterocycles. The molecule has 1 atom stereocenters. The Morgan fingerprint density at radius 1 is 1.24 bits per heavy atom. The van der Waals surface area contributed by atoms with E-state index in [2.05, 4.69) is 5.32 Å². The largest absolute Gasteiger partial charge is 0.390 e. The third-order valence-electron chi connectivity index (χ3n) is 4.11. The molecule has 2 amide bonds. The molecule has 0 saturated carbocycles. The first kappa shape index (κ1) is 17.8. The number of nitrogens with one attached hydrogen (secondary N) is 1. The molecule has 0 aromatic heterocycles. The first-order valence-corrected chi connectivity index (χ1v) is 7.27. The van der Waals surface area contributed by atoms with Crippen molar-refractivity contribution in [3.8, 4) is 0 Å². The van der Waals surface area contributed by atoms with Crippen molar-refractivity contribution >= 4 is 11.8 Å². The number of nitrogens with zero attached hydrogens (tertiary/aromatic N) is 1. The van der Waals surface area contributed by atoms with E-state index >= 15 is 0 Å². The summed E-state index contributed by atoms with van der Waals surface area (Å²) >= 11 is 0. The van der Waals surface area contributed by atoms with Gasteiger partial charge in [0.2, 0.25) is 11.8 Å². The predicted molar refractivity (Wildman–Crippen MR) is 72.5 cm³/mol. The fraction of sp³-hybridized carbons (Fsp3) is 0.857. The Balaban J connectivity index is 3.09. The molecule has 1 fully saturated rings. The summed E-state index contributed by atoms with van der Waals surface area (Å²) in [4.78, 5) is 26.0. The highest BCUT2D eigenvalue weighted by Crippen LogP contribution is 2.29. The van der Waals surface area contributed by atoms with Crippen LogP contribution in [0, 0.1) is 5.92 Å². The molecule has 0 aromatic rings. The van der Waals surface area contributed by atoms with Crippen LogP contribution in [0.2, 0.25) is 0 Å². The lowest BCUT2D eigenvalue weighted by Gasteiger charge is -2.47. The molecule has 1 aliphatic heterocycles. The number of alkyl halides is 3. The quantitative estimate of drug-likeness (QED) is 0.848. The van der Waals surface area contributed by atoms with Crippen LogP contribution in [0.3, 0.4) is 0 Å². The predicted octanol–water partition coefficient (Wildman–Crippen LogP) is 2.48. The highest BCUT2D eigenvalue weighted by atomic mass is 19.4. The van der Waals surface area contributed by atoms with E-state index < -0.39 is 36.6 Å². The van der Waals surface area contributed by atoms with Crippen LogP contribution in [0.15, 0.2) is 0 Å². The fourth-order valence-corrected chi connectivity index (χ4v) is 2.79. The average Bonchev–Trinajstić information content (AvgIpc) is 2.37. The van der Waals surface area contributed by atoms with Gasteiger partial charge in [0.05, 0.1) is 6.42 Å². The molecule has 1 rings (SSSR count). The lowest BCUT2D eigenvalue weighted by molar-refractivity contribution is -0.164. The Hall–Kier alpha value is -1.27. The molecule has 0 bridgehead atoms. The Morgan fingerprint density at radius 3 is 2.14 bits per heavy atom. The Bertz CT molecular complexity index is 404. The SMILES string of the molecule is CCC1(CC)NC(=O)C(C(C)C)N(CCC(F)(F)F)C1=O. The van der Waals surface area contributed by atoms with Gasteiger partial charge < -0.3 is 10.2 Å². The van der Waals surface area contributed by atoms with Crippen LogP contribution in [0.25, 0.3) is 0 Å². The molecule has 0 aliphatic carbocycles. The second-order valence-electron chi connectivity index (χ2n) is 5.83. The Labute approximate surface area is 123 Å². The zero-order valence-electron chi connectivity index (χ0n) is 12.9. The van der Waals surface area contributed by atoms with Crippen molar-refractivity contribution in [2.45, 2.75) is 64.7 Å². The summed E-state index contributed by atoms with van der Waals surface area (Å²) in [6.07, 6.45) is -4.72. The van der Waals surface area contributed by atoms with E-state index in [4.69, 9.17) is 0 Å². The Kier molecular flexibility index (Phi) is 5.28. The van der Waals surface area contributed by atoms with Crippen LogP contribution in [-0.4, -0.2) is 41.0 Å². The zero-order chi connectivity index (χ0) is 16.4. The third-order valence-corrected chi connectivity index (χ3v) is 4.11. The summed E-state index contributed by atoms with van der Waals surface area (Å²) in [5.74, 6) is -1.01. The number of amides is 2. The van der Waals surface area contributed by atoms with Gasteiger partial charge in [-0.1, -0.05) is 27.7 Å². The molecule has 1 aliphatic rings. The van der Waals surface area contributed by atoms with Gasteiger partial charge in [-0.3, -0.25) is 9.59 Å². The Morgan fingerprint density at radius 2 is 1.76 bits per heavy atom. The summed E-state index contributed by atoms with van der Waals surface area (Å²) in [5, 5.41) is 2.73. The molecule has 1 heterocycles. The maximum atomic E-state index is 12.6. The first-order chi connectivity index (χ1) is 9.58. The summed E-state index contributed by atoms with van der Waals surface area (Å²) in [6, 6.07) is -0.842. The number of hydrogen-bond acceptors (Lipinski definition) is 2. The number of piperazine rings is 1. The maximum Gasteiger partial charge on any atom is 0.390 e. The van der Waals surface area contributed by atoms with E-state index in [0.717, 1.165) is 4.90 Å². The maximum absolute atomic E-state index is 12.6. The van der Waals surface area contributed by atoms with Gasteiger partial charge >= 0.3 is 6.18 Å². The zero-order valence-corrected chi connectivity index (χ0v) is 12.9. The molecule has 1 N–H and O–H groups in total. The lowest BCUT2D eigenvalue weighted by atomic mass is 9.85.